The molecule has 76 heavy (non-hydrogen) atoms. The molecular formula is C67H125N2O6P. The highest BCUT2D eigenvalue weighted by Crippen LogP contribution is 2.38. The largest absolute Gasteiger partial charge is 0.756 e. The molecule has 0 saturated carbocycles. The minimum Gasteiger partial charge on any atom is -0.756 e. The van der Waals surface area contributed by atoms with Crippen molar-refractivity contribution in [2.45, 2.75) is 309 Å². The predicted octanol–water partition coefficient (Wildman–Crippen LogP) is 19.6. The minimum absolute atomic E-state index is 0.000500. The molecule has 0 bridgehead atoms. The van der Waals surface area contributed by atoms with Crippen LogP contribution < -0.4 is 10.2 Å². The van der Waals surface area contributed by atoms with E-state index in [1.807, 2.05) is 27.2 Å². The second-order valence-corrected chi connectivity index (χ2v) is 24.5. The van der Waals surface area contributed by atoms with Crippen LogP contribution in [-0.2, 0) is 18.4 Å². The molecule has 0 saturated heterocycles. The van der Waals surface area contributed by atoms with Crippen LogP contribution in [0.5, 0.6) is 0 Å². The predicted molar refractivity (Wildman–Crippen MR) is 330 cm³/mol. The van der Waals surface area contributed by atoms with Crippen LogP contribution in [0.15, 0.2) is 72.9 Å². The van der Waals surface area contributed by atoms with Crippen LogP contribution in [0.1, 0.15) is 296 Å². The number of carbonyl (C=O) groups is 1. The molecule has 1 amide bonds. The second kappa shape index (κ2) is 57.6. The van der Waals surface area contributed by atoms with Crippen LogP contribution in [0.25, 0.3) is 0 Å². The third-order valence-electron chi connectivity index (χ3n) is 14.4. The fourth-order valence-corrected chi connectivity index (χ4v) is 10.1. The summed E-state index contributed by atoms with van der Waals surface area (Å²) in [4.78, 5) is 25.5. The molecule has 0 radical (unpaired) electrons. The van der Waals surface area contributed by atoms with Crippen molar-refractivity contribution in [3.8, 4) is 0 Å². The molecule has 3 unspecified atom stereocenters. The summed E-state index contributed by atoms with van der Waals surface area (Å²) in [6.07, 6.45) is 80.1. The topological polar surface area (TPSA) is 108 Å². The number of nitrogens with one attached hydrogen (secondary N) is 1. The SMILES string of the molecule is CC/C=C\C/C=C\C/C=C\C/C=C\C/C=C\CCCCCCCCCCCCCCCCCCCCCCCCCC(=O)NC(COP(=O)([O-])OCC[N+](C)(C)C)C(O)/C=C/CCCCCCCCCCCCCCC. The molecule has 9 heteroatoms. The summed E-state index contributed by atoms with van der Waals surface area (Å²) in [5.41, 5.74) is 0. The standard InChI is InChI=1S/C67H125N2O6P/c1-6-8-10-12-14-16-18-20-22-23-24-25-26-27-28-29-30-31-32-33-34-35-36-37-38-39-40-41-42-43-44-45-47-49-51-53-55-57-59-61-67(71)68-65(64-75-76(72,73)74-63-62-69(3,4)5)66(70)60-58-56-54-52-50-48-46-21-19-17-15-13-11-9-7-2/h8,10,14,16,20,22,24-25,27-28,58,60,65-66,70H,6-7,9,11-13,15,17-19,21,23,26,29-57,59,61-64H2,1-5H3,(H-,68,71,72,73)/b10-8-,16-14-,22-20-,25-24-,28-27-,60-58+. The van der Waals surface area contributed by atoms with Gasteiger partial charge in [0, 0.05) is 6.42 Å². The molecule has 0 rings (SSSR count). The number of unbranched alkanes of at least 4 members (excludes halogenated alkanes) is 36. The van der Waals surface area contributed by atoms with Gasteiger partial charge in [0.15, 0.2) is 0 Å². The Morgan fingerprint density at radius 2 is 0.803 bits per heavy atom. The Bertz CT molecular complexity index is 1470. The molecule has 8 nitrogen and oxygen atoms in total. The Morgan fingerprint density at radius 1 is 0.474 bits per heavy atom. The summed E-state index contributed by atoms with van der Waals surface area (Å²) in [6, 6.07) is -0.886. The molecule has 0 spiro atoms. The van der Waals surface area contributed by atoms with Gasteiger partial charge in [0.2, 0.25) is 5.91 Å². The van der Waals surface area contributed by atoms with Gasteiger partial charge in [-0.05, 0) is 64.2 Å². The highest BCUT2D eigenvalue weighted by Gasteiger charge is 2.23. The maximum Gasteiger partial charge on any atom is 0.268 e. The highest BCUT2D eigenvalue weighted by atomic mass is 31.2. The smallest absolute Gasteiger partial charge is 0.268 e. The van der Waals surface area contributed by atoms with E-state index in [0.29, 0.717) is 17.4 Å². The first kappa shape index (κ1) is 73.9. The van der Waals surface area contributed by atoms with Gasteiger partial charge in [-0.1, -0.05) is 299 Å². The number of nitrogens with zero attached hydrogens (tertiary/aromatic N) is 1. The Hall–Kier alpha value is -2.06. The first-order valence-corrected chi connectivity index (χ1v) is 33.8. The number of hydrogen-bond acceptors (Lipinski definition) is 6. The average molecular weight is 1090 g/mol. The van der Waals surface area contributed by atoms with Crippen molar-refractivity contribution < 1.29 is 32.9 Å². The van der Waals surface area contributed by atoms with E-state index in [4.69, 9.17) is 9.05 Å². The number of quaternary nitrogens is 1. The lowest BCUT2D eigenvalue weighted by Gasteiger charge is -2.29. The molecule has 2 N–H and O–H groups in total. The quantitative estimate of drug-likeness (QED) is 0.0272. The molecule has 0 aliphatic heterocycles. The van der Waals surface area contributed by atoms with Crippen molar-refractivity contribution in [1.29, 1.82) is 0 Å². The number of rotatable bonds is 59. The van der Waals surface area contributed by atoms with Crippen LogP contribution >= 0.6 is 7.82 Å². The molecular weight excluding hydrogens is 960 g/mol. The lowest BCUT2D eigenvalue weighted by Crippen LogP contribution is -2.45. The van der Waals surface area contributed by atoms with E-state index in [1.165, 1.54) is 205 Å². The maximum absolute atomic E-state index is 13.0. The third kappa shape index (κ3) is 59.6. The Kier molecular flexibility index (Phi) is 56.1. The number of phosphoric acid groups is 1. The zero-order valence-electron chi connectivity index (χ0n) is 50.7. The molecule has 0 aromatic carbocycles. The van der Waals surface area contributed by atoms with Gasteiger partial charge in [-0.2, -0.15) is 0 Å². The van der Waals surface area contributed by atoms with Crippen molar-refractivity contribution in [3.63, 3.8) is 0 Å². The van der Waals surface area contributed by atoms with E-state index >= 15 is 0 Å². The van der Waals surface area contributed by atoms with Crippen LogP contribution in [0.3, 0.4) is 0 Å². The maximum atomic E-state index is 13.0. The number of amides is 1. The minimum atomic E-state index is -4.60. The lowest BCUT2D eigenvalue weighted by atomic mass is 10.0. The van der Waals surface area contributed by atoms with Gasteiger partial charge in [0.1, 0.15) is 13.2 Å². The Labute approximate surface area is 472 Å². The van der Waals surface area contributed by atoms with Gasteiger partial charge >= 0.3 is 0 Å². The summed E-state index contributed by atoms with van der Waals surface area (Å²) in [6.45, 7) is 4.56. The van der Waals surface area contributed by atoms with Crippen LogP contribution in [0.4, 0.5) is 0 Å². The first-order valence-electron chi connectivity index (χ1n) is 32.3. The summed E-state index contributed by atoms with van der Waals surface area (Å²) < 4.78 is 23.4. The Balaban J connectivity index is 3.93. The van der Waals surface area contributed by atoms with Gasteiger partial charge in [-0.25, -0.2) is 0 Å². The number of phosphoric ester groups is 1. The molecule has 3 atom stereocenters. The number of hydrogen-bond donors (Lipinski definition) is 2. The molecule has 444 valence electrons. The monoisotopic (exact) mass is 1080 g/mol. The van der Waals surface area contributed by atoms with Gasteiger partial charge in [-0.3, -0.25) is 9.36 Å². The summed E-state index contributed by atoms with van der Waals surface area (Å²) in [5, 5.41) is 13.9. The zero-order chi connectivity index (χ0) is 55.6. The molecule has 0 aliphatic carbocycles. The van der Waals surface area contributed by atoms with Crippen molar-refractivity contribution in [1.82, 2.24) is 5.32 Å². The molecule has 0 aliphatic rings. The third-order valence-corrected chi connectivity index (χ3v) is 15.4. The second-order valence-electron chi connectivity index (χ2n) is 23.1. The van der Waals surface area contributed by atoms with Crippen molar-refractivity contribution in [3.05, 3.63) is 72.9 Å². The van der Waals surface area contributed by atoms with E-state index in [1.54, 1.807) is 6.08 Å². The summed E-state index contributed by atoms with van der Waals surface area (Å²) >= 11 is 0. The van der Waals surface area contributed by atoms with Crippen molar-refractivity contribution >= 4 is 13.7 Å². The number of aliphatic hydroxyl groups excluding tert-OH is 1. The number of carbonyl (C=O) groups excluding carboxylic acids is 1. The molecule has 0 aromatic rings. The number of aliphatic hydroxyl groups is 1. The van der Waals surface area contributed by atoms with E-state index in [9.17, 15) is 19.4 Å². The number of likely N-dealkylation sites (N-methyl/N-ethyl adjacent to an activating group) is 1. The average Bonchev–Trinajstić information content (AvgIpc) is 3.38. The van der Waals surface area contributed by atoms with E-state index in [0.717, 1.165) is 70.6 Å². The van der Waals surface area contributed by atoms with E-state index < -0.39 is 20.0 Å². The lowest BCUT2D eigenvalue weighted by molar-refractivity contribution is -0.870. The molecule has 0 aromatic heterocycles. The van der Waals surface area contributed by atoms with Crippen molar-refractivity contribution in [2.75, 3.05) is 40.9 Å². The summed E-state index contributed by atoms with van der Waals surface area (Å²) in [7, 11) is 1.27. The van der Waals surface area contributed by atoms with Crippen LogP contribution in [0, 0.1) is 0 Å². The molecule has 0 fully saturated rings. The van der Waals surface area contributed by atoms with E-state index in [2.05, 4.69) is 79.9 Å². The highest BCUT2D eigenvalue weighted by molar-refractivity contribution is 7.45. The van der Waals surface area contributed by atoms with E-state index in [-0.39, 0.29) is 19.1 Å². The van der Waals surface area contributed by atoms with Gasteiger partial charge < -0.3 is 28.8 Å². The van der Waals surface area contributed by atoms with Gasteiger partial charge in [0.05, 0.1) is 39.9 Å². The molecule has 0 heterocycles. The normalized spacial score (nSPS) is 14.2. The number of allylic oxidation sites excluding steroid dienone is 11. The van der Waals surface area contributed by atoms with Crippen molar-refractivity contribution in [2.24, 2.45) is 0 Å². The van der Waals surface area contributed by atoms with Crippen LogP contribution in [-0.4, -0.2) is 68.5 Å². The Morgan fingerprint density at radius 3 is 1.17 bits per heavy atom. The summed E-state index contributed by atoms with van der Waals surface area (Å²) in [5.74, 6) is -0.194. The fourth-order valence-electron chi connectivity index (χ4n) is 9.42. The van der Waals surface area contributed by atoms with Crippen LogP contribution in [0.2, 0.25) is 0 Å². The first-order chi connectivity index (χ1) is 37.0. The fraction of sp³-hybridized carbons (Fsp3) is 0.806. The van der Waals surface area contributed by atoms with Gasteiger partial charge in [0.25, 0.3) is 7.82 Å². The zero-order valence-corrected chi connectivity index (χ0v) is 51.6. The van der Waals surface area contributed by atoms with Gasteiger partial charge in [-0.15, -0.1) is 0 Å².